The Morgan fingerprint density at radius 1 is 0.700 bits per heavy atom. The lowest BCUT2D eigenvalue weighted by atomic mass is 10.1. The lowest BCUT2D eigenvalue weighted by molar-refractivity contribution is 0.0231. The van der Waals surface area contributed by atoms with E-state index in [0.29, 0.717) is 0 Å². The molecule has 30 heavy (non-hydrogen) atoms. The number of hydrogen-bond acceptors (Lipinski definition) is 15. The van der Waals surface area contributed by atoms with Crippen molar-refractivity contribution in [2.75, 3.05) is 20.9 Å². The van der Waals surface area contributed by atoms with Crippen LogP contribution in [0.5, 0.6) is 0 Å². The fraction of sp³-hybridized carbons (Fsp3) is 0.133. The van der Waals surface area contributed by atoms with E-state index in [9.17, 15) is 46.5 Å². The maximum Gasteiger partial charge on any atom is 0.508 e. The van der Waals surface area contributed by atoms with Crippen LogP contribution in [0.2, 0.25) is 0 Å². The molecule has 0 saturated carbocycles. The van der Waals surface area contributed by atoms with Gasteiger partial charge in [-0.05, 0) is 24.3 Å². The molecule has 2 aromatic rings. The van der Waals surface area contributed by atoms with Gasteiger partial charge in [0.1, 0.15) is 24.6 Å². The third-order valence-corrected chi connectivity index (χ3v) is 3.75. The van der Waals surface area contributed by atoms with Gasteiger partial charge in [-0.1, -0.05) is 12.1 Å². The van der Waals surface area contributed by atoms with Gasteiger partial charge in [0, 0.05) is 22.5 Å². The molecule has 0 aliphatic carbocycles. The number of ether oxygens (including phenoxy) is 2. The summed E-state index contributed by atoms with van der Waals surface area (Å²) in [6.45, 7) is -1.61. The molecule has 0 unspecified atom stereocenters. The highest BCUT2D eigenvalue weighted by molar-refractivity contribution is 5.69. The summed E-state index contributed by atoms with van der Waals surface area (Å²) in [4.78, 5) is 11.9. The van der Waals surface area contributed by atoms with Crippen molar-refractivity contribution in [2.45, 2.75) is 13.2 Å². The molecule has 2 aromatic carbocycles. The largest absolute Gasteiger partial charge is 0.769 e. The summed E-state index contributed by atoms with van der Waals surface area (Å²) >= 11 is 0. The first kappa shape index (κ1) is 22.9. The summed E-state index contributed by atoms with van der Waals surface area (Å²) in [5.74, 6) is 0. The molecule has 0 amide bonds. The highest BCUT2D eigenvalue weighted by Gasteiger charge is 2.17. The average Bonchev–Trinajstić information content (AvgIpc) is 2.69. The van der Waals surface area contributed by atoms with E-state index in [4.69, 9.17) is 9.47 Å². The Kier molecular flexibility index (Phi) is 7.53. The zero-order valence-electron chi connectivity index (χ0n) is 14.8. The summed E-state index contributed by atoms with van der Waals surface area (Å²) in [6.07, 6.45) is -1.42. The first-order chi connectivity index (χ1) is 14.1. The van der Waals surface area contributed by atoms with E-state index in [2.05, 4.69) is 0 Å². The van der Waals surface area contributed by atoms with Crippen molar-refractivity contribution in [2.24, 2.45) is 0 Å². The molecule has 0 radical (unpaired) electrons. The molecule has 0 fully saturated rings. The maximum absolute atomic E-state index is 11.9. The molecule has 0 spiro atoms. The first-order valence-corrected chi connectivity index (χ1v) is 7.81. The summed E-state index contributed by atoms with van der Waals surface area (Å²) in [6, 6.07) is 6.61. The fourth-order valence-electron chi connectivity index (χ4n) is 2.44. The lowest BCUT2D eigenvalue weighted by Crippen LogP contribution is -2.19. The van der Waals surface area contributed by atoms with Crippen molar-refractivity contribution in [1.29, 1.82) is 0 Å². The number of carbonyl (C=O) groups is 1. The van der Waals surface area contributed by atoms with E-state index in [0.717, 1.165) is 24.3 Å². The van der Waals surface area contributed by atoms with Crippen LogP contribution in [-0.4, -0.2) is 27.0 Å². The second-order valence-electron chi connectivity index (χ2n) is 5.47. The second-order valence-corrected chi connectivity index (χ2v) is 5.47. The molecule has 0 aromatic heterocycles. The fourth-order valence-corrected chi connectivity index (χ4v) is 2.44. The highest BCUT2D eigenvalue weighted by atomic mass is 16.8. The van der Waals surface area contributed by atoms with E-state index in [1.54, 1.807) is 0 Å². The molecular formula is C15H14N4O11-4. The number of nitrogens with zero attached hydrogens (tertiary/aromatic N) is 4. The maximum atomic E-state index is 11.9. The molecule has 4 N–H and O–H groups in total. The Morgan fingerprint density at radius 2 is 1.03 bits per heavy atom. The van der Waals surface area contributed by atoms with Crippen molar-refractivity contribution in [3.63, 3.8) is 0 Å². The van der Waals surface area contributed by atoms with E-state index in [1.165, 1.54) is 12.1 Å². The molecule has 0 atom stereocenters. The Labute approximate surface area is 167 Å². The molecule has 2 rings (SSSR count). The smallest absolute Gasteiger partial charge is 0.508 e. The standard InChI is InChI=1S/C15H14N4O11/c20-15(29-7-9-11(16(21)22)3-1-4-12(9)17(23)24)30-8-10-13(18(25)26)5-2-6-14(10)19(27)28/h1-6,21-22,25-26H,7-8H2/q-4. The van der Waals surface area contributed by atoms with Gasteiger partial charge in [0.2, 0.25) is 0 Å². The normalized spacial score (nSPS) is 10.4. The third kappa shape index (κ3) is 5.35. The Morgan fingerprint density at radius 3 is 1.33 bits per heavy atom. The molecule has 15 heteroatoms. The molecule has 0 aliphatic heterocycles. The highest BCUT2D eigenvalue weighted by Crippen LogP contribution is 2.31. The van der Waals surface area contributed by atoms with Crippen molar-refractivity contribution < 1.29 is 35.1 Å². The topological polar surface area (TPSA) is 222 Å². The number of anilines is 4. The van der Waals surface area contributed by atoms with Gasteiger partial charge in [0.05, 0.1) is 0 Å². The van der Waals surface area contributed by atoms with Crippen molar-refractivity contribution in [3.05, 3.63) is 68.4 Å². The summed E-state index contributed by atoms with van der Waals surface area (Å²) in [5, 5.41) is 78.6. The van der Waals surface area contributed by atoms with E-state index in [1.807, 2.05) is 0 Å². The minimum atomic E-state index is -1.42. The lowest BCUT2D eigenvalue weighted by Gasteiger charge is -2.39. The van der Waals surface area contributed by atoms with Gasteiger partial charge in [-0.25, -0.2) is 4.79 Å². The molecule has 0 aliphatic rings. The molecule has 15 nitrogen and oxygen atoms in total. The van der Waals surface area contributed by atoms with Crippen LogP contribution < -0.4 is 20.9 Å². The van der Waals surface area contributed by atoms with Gasteiger partial charge in [-0.15, -0.1) is 10.5 Å². The minimum absolute atomic E-state index is 0.368. The van der Waals surface area contributed by atoms with Crippen LogP contribution in [0.15, 0.2) is 36.4 Å². The quantitative estimate of drug-likeness (QED) is 0.351. The van der Waals surface area contributed by atoms with Crippen molar-refractivity contribution >= 4 is 28.9 Å². The van der Waals surface area contributed by atoms with E-state index < -0.39 is 63.0 Å². The van der Waals surface area contributed by atoms with Crippen LogP contribution in [0.3, 0.4) is 0 Å². The number of benzene rings is 2. The van der Waals surface area contributed by atoms with Crippen LogP contribution in [0.25, 0.3) is 0 Å². The molecular weight excluding hydrogens is 412 g/mol. The zero-order chi connectivity index (χ0) is 22.4. The summed E-state index contributed by atoms with van der Waals surface area (Å²) in [5.41, 5.74) is -2.76. The summed E-state index contributed by atoms with van der Waals surface area (Å²) < 4.78 is 9.42. The van der Waals surface area contributed by atoms with Crippen molar-refractivity contribution in [1.82, 2.24) is 0 Å². The van der Waals surface area contributed by atoms with Gasteiger partial charge in [0.25, 0.3) is 0 Å². The summed E-state index contributed by atoms with van der Waals surface area (Å²) in [7, 11) is 0. The molecule has 0 bridgehead atoms. The molecule has 164 valence electrons. The Hall–Kier alpha value is -3.41. The van der Waals surface area contributed by atoms with Gasteiger partial charge in [-0.2, -0.15) is 0 Å². The van der Waals surface area contributed by atoms with E-state index in [-0.39, 0.29) is 11.1 Å². The van der Waals surface area contributed by atoms with E-state index >= 15 is 0 Å². The van der Waals surface area contributed by atoms with Gasteiger partial charge in [0.15, 0.2) is 0 Å². The minimum Gasteiger partial charge on any atom is -0.769 e. The van der Waals surface area contributed by atoms with Crippen LogP contribution in [-0.2, 0) is 22.7 Å². The zero-order valence-corrected chi connectivity index (χ0v) is 14.8. The number of carbonyl (C=O) groups excluding carboxylic acids is 1. The monoisotopic (exact) mass is 426 g/mol. The molecule has 0 saturated heterocycles. The van der Waals surface area contributed by atoms with Gasteiger partial charge >= 0.3 is 6.16 Å². The Balaban J connectivity index is 2.14. The predicted molar refractivity (Wildman–Crippen MR) is 98.4 cm³/mol. The van der Waals surface area contributed by atoms with Crippen LogP contribution in [0.4, 0.5) is 27.5 Å². The first-order valence-electron chi connectivity index (χ1n) is 7.81. The molecule has 0 heterocycles. The SMILES string of the molecule is O=C(OCc1c(N([O-])[O-])cccc1N(O)O)OCc1c(N([O-])[O-])cccc1N(O)O. The van der Waals surface area contributed by atoms with Crippen LogP contribution >= 0.6 is 0 Å². The number of rotatable bonds is 8. The predicted octanol–water partition coefficient (Wildman–Crippen LogP) is 2.31. The third-order valence-electron chi connectivity index (χ3n) is 3.75. The van der Waals surface area contributed by atoms with Crippen LogP contribution in [0, 0.1) is 20.8 Å². The van der Waals surface area contributed by atoms with Gasteiger partial charge < -0.3 is 40.8 Å². The average molecular weight is 426 g/mol. The Bertz CT molecular complexity index is 754. The van der Waals surface area contributed by atoms with Gasteiger partial charge in [-0.3, -0.25) is 20.8 Å². The number of hydrogen-bond donors (Lipinski definition) is 4. The second kappa shape index (κ2) is 9.87. The van der Waals surface area contributed by atoms with Crippen LogP contribution in [0.1, 0.15) is 11.1 Å². The van der Waals surface area contributed by atoms with Crippen molar-refractivity contribution in [3.8, 4) is 0 Å².